The minimum Gasteiger partial charge on any atom is -0.0820 e. The first-order valence-electron chi connectivity index (χ1n) is 6.41. The van der Waals surface area contributed by atoms with Crippen molar-refractivity contribution in [2.75, 3.05) is 0 Å². The summed E-state index contributed by atoms with van der Waals surface area (Å²) in [6, 6.07) is 0. The van der Waals surface area contributed by atoms with Gasteiger partial charge >= 0.3 is 0 Å². The Kier molecular flexibility index (Phi) is 2.12. The van der Waals surface area contributed by atoms with Crippen LogP contribution in [0.4, 0.5) is 0 Å². The Morgan fingerprint density at radius 3 is 1.60 bits per heavy atom. The summed E-state index contributed by atoms with van der Waals surface area (Å²) in [5.41, 5.74) is 0. The zero-order valence-electron chi connectivity index (χ0n) is 9.24. The van der Waals surface area contributed by atoms with E-state index in [1.807, 2.05) is 0 Å². The second kappa shape index (κ2) is 3.07. The van der Waals surface area contributed by atoms with Crippen LogP contribution in [0, 0.1) is 47.3 Å². The van der Waals surface area contributed by atoms with Crippen LogP contribution in [-0.4, -0.2) is 7.85 Å². The molecule has 8 atom stereocenters. The van der Waals surface area contributed by atoms with Gasteiger partial charge in [0.2, 0.25) is 0 Å². The molecule has 4 aliphatic rings. The molecule has 4 aliphatic carbocycles. The molecule has 4 rings (SSSR count). The van der Waals surface area contributed by atoms with E-state index < -0.39 is 0 Å². The topological polar surface area (TPSA) is 0 Å². The number of halogens is 2. The van der Waals surface area contributed by atoms with Crippen LogP contribution in [0.25, 0.3) is 0 Å². The van der Waals surface area contributed by atoms with E-state index in [0.29, 0.717) is 0 Å². The molecular formula is C13H18I2. The average molecular weight is 428 g/mol. The van der Waals surface area contributed by atoms with Crippen LogP contribution < -0.4 is 0 Å². The second-order valence-corrected chi connectivity index (χ2v) is 9.36. The lowest BCUT2D eigenvalue weighted by Crippen LogP contribution is -2.61. The third-order valence-electron chi connectivity index (χ3n) is 6.36. The van der Waals surface area contributed by atoms with Crippen LogP contribution in [0.15, 0.2) is 0 Å². The molecule has 4 saturated carbocycles. The summed E-state index contributed by atoms with van der Waals surface area (Å²) in [5.74, 6) is 8.91. The molecule has 0 radical (unpaired) electrons. The van der Waals surface area contributed by atoms with Crippen molar-refractivity contribution in [3.05, 3.63) is 0 Å². The molecule has 0 nitrogen and oxygen atoms in total. The van der Waals surface area contributed by atoms with Crippen molar-refractivity contribution in [3.63, 3.8) is 0 Å². The Balaban J connectivity index is 1.68. The van der Waals surface area contributed by atoms with Gasteiger partial charge in [-0.25, -0.2) is 0 Å². The van der Waals surface area contributed by atoms with Gasteiger partial charge in [-0.05, 0) is 53.8 Å². The summed E-state index contributed by atoms with van der Waals surface area (Å²) in [7, 11) is 0. The molecule has 84 valence electrons. The summed E-state index contributed by atoms with van der Waals surface area (Å²) < 4.78 is 2.03. The summed E-state index contributed by atoms with van der Waals surface area (Å²) in [6.07, 6.45) is 1.61. The fraction of sp³-hybridized carbons (Fsp3) is 1.00. The van der Waals surface area contributed by atoms with Crippen LogP contribution in [0.1, 0.15) is 20.3 Å². The second-order valence-electron chi connectivity index (χ2n) is 6.48. The van der Waals surface area contributed by atoms with Crippen LogP contribution in [-0.2, 0) is 0 Å². The van der Waals surface area contributed by atoms with Gasteiger partial charge in [-0.2, -0.15) is 0 Å². The van der Waals surface area contributed by atoms with Gasteiger partial charge in [-0.15, -0.1) is 0 Å². The standard InChI is InChI=1S/C13H18I2/c1-4-8-6-3-7(10(8)12(4)14)11-9(6)5(2)13(11)15/h4-13H,3H2,1-2H3. The summed E-state index contributed by atoms with van der Waals surface area (Å²) in [6.45, 7) is 5.03. The molecule has 0 heterocycles. The van der Waals surface area contributed by atoms with Crippen molar-refractivity contribution in [3.8, 4) is 0 Å². The van der Waals surface area contributed by atoms with Gasteiger partial charge in [0, 0.05) is 7.85 Å². The molecule has 2 bridgehead atoms. The molecule has 8 unspecified atom stereocenters. The summed E-state index contributed by atoms with van der Waals surface area (Å²) >= 11 is 5.49. The lowest BCUT2D eigenvalue weighted by Gasteiger charge is -2.62. The molecular weight excluding hydrogens is 410 g/mol. The van der Waals surface area contributed by atoms with E-state index in [2.05, 4.69) is 59.0 Å². The third kappa shape index (κ3) is 0.980. The van der Waals surface area contributed by atoms with Gasteiger partial charge in [0.15, 0.2) is 0 Å². The molecule has 4 fully saturated rings. The van der Waals surface area contributed by atoms with Crippen LogP contribution in [0.3, 0.4) is 0 Å². The van der Waals surface area contributed by atoms with Crippen molar-refractivity contribution in [2.24, 2.45) is 47.3 Å². The van der Waals surface area contributed by atoms with Gasteiger partial charge in [0.1, 0.15) is 0 Å². The highest BCUT2D eigenvalue weighted by molar-refractivity contribution is 14.1. The number of rotatable bonds is 0. The smallest absolute Gasteiger partial charge is 0.0172 e. The van der Waals surface area contributed by atoms with Gasteiger partial charge in [-0.1, -0.05) is 59.0 Å². The molecule has 0 saturated heterocycles. The number of fused-ring (bicyclic) bond motifs is 8. The Morgan fingerprint density at radius 1 is 0.733 bits per heavy atom. The van der Waals surface area contributed by atoms with Gasteiger partial charge < -0.3 is 0 Å². The highest BCUT2D eigenvalue weighted by Gasteiger charge is 2.72. The summed E-state index contributed by atoms with van der Waals surface area (Å²) in [4.78, 5) is 0. The zero-order valence-corrected chi connectivity index (χ0v) is 13.6. The maximum absolute atomic E-state index is 2.75. The van der Waals surface area contributed by atoms with Crippen LogP contribution in [0.5, 0.6) is 0 Å². The van der Waals surface area contributed by atoms with E-state index in [1.165, 1.54) is 0 Å². The first kappa shape index (κ1) is 10.4. The highest BCUT2D eigenvalue weighted by Crippen LogP contribution is 2.75. The minimum atomic E-state index is 1.02. The van der Waals surface area contributed by atoms with Crippen molar-refractivity contribution in [1.29, 1.82) is 0 Å². The van der Waals surface area contributed by atoms with Crippen LogP contribution >= 0.6 is 45.2 Å². The largest absolute Gasteiger partial charge is 0.0820 e. The molecule has 15 heavy (non-hydrogen) atoms. The number of alkyl halides is 2. The van der Waals surface area contributed by atoms with Gasteiger partial charge in [0.25, 0.3) is 0 Å². The maximum Gasteiger partial charge on any atom is 0.0172 e. The summed E-state index contributed by atoms with van der Waals surface area (Å²) in [5, 5.41) is 0. The van der Waals surface area contributed by atoms with E-state index in [4.69, 9.17) is 0 Å². The van der Waals surface area contributed by atoms with E-state index in [1.54, 1.807) is 6.42 Å². The fourth-order valence-electron chi connectivity index (χ4n) is 5.81. The first-order chi connectivity index (χ1) is 7.13. The SMILES string of the molecule is CC1C(I)C2C3CC(C12)C1C(C)C(I)C31. The van der Waals surface area contributed by atoms with Gasteiger partial charge in [-0.3, -0.25) is 0 Å². The molecule has 2 heteroatoms. The quantitative estimate of drug-likeness (QED) is 0.404. The first-order valence-corrected chi connectivity index (χ1v) is 8.90. The Bertz CT molecular complexity index is 258. The van der Waals surface area contributed by atoms with Crippen molar-refractivity contribution in [1.82, 2.24) is 0 Å². The fourth-order valence-corrected chi connectivity index (χ4v) is 8.79. The molecule has 0 spiro atoms. The van der Waals surface area contributed by atoms with Crippen molar-refractivity contribution in [2.45, 2.75) is 28.1 Å². The van der Waals surface area contributed by atoms with E-state index >= 15 is 0 Å². The lowest BCUT2D eigenvalue weighted by atomic mass is 9.47. The molecule has 0 N–H and O–H groups in total. The maximum atomic E-state index is 2.75. The van der Waals surface area contributed by atoms with E-state index in [9.17, 15) is 0 Å². The highest BCUT2D eigenvalue weighted by atomic mass is 127. The zero-order chi connectivity index (χ0) is 10.5. The molecule has 0 aliphatic heterocycles. The molecule has 0 aromatic rings. The molecule has 0 amide bonds. The Labute approximate surface area is 120 Å². The number of hydrogen-bond donors (Lipinski definition) is 0. The molecule has 0 aromatic heterocycles. The Hall–Kier alpha value is 1.46. The van der Waals surface area contributed by atoms with Crippen molar-refractivity contribution < 1.29 is 0 Å². The van der Waals surface area contributed by atoms with Crippen molar-refractivity contribution >= 4 is 45.2 Å². The van der Waals surface area contributed by atoms with Crippen LogP contribution in [0.2, 0.25) is 0 Å². The minimum absolute atomic E-state index is 1.02. The predicted octanol–water partition coefficient (Wildman–Crippen LogP) is 4.01. The normalized spacial score (nSPS) is 74.4. The van der Waals surface area contributed by atoms with E-state index in [0.717, 1.165) is 55.2 Å². The predicted molar refractivity (Wildman–Crippen MR) is 79.5 cm³/mol. The third-order valence-corrected chi connectivity index (χ3v) is 10.3. The van der Waals surface area contributed by atoms with Gasteiger partial charge in [0.05, 0.1) is 0 Å². The molecule has 0 aromatic carbocycles. The Morgan fingerprint density at radius 2 is 1.13 bits per heavy atom. The van der Waals surface area contributed by atoms with E-state index in [-0.39, 0.29) is 0 Å². The number of hydrogen-bond acceptors (Lipinski definition) is 0. The average Bonchev–Trinajstić information content (AvgIpc) is 2.76. The lowest BCUT2D eigenvalue weighted by molar-refractivity contribution is -0.0765. The monoisotopic (exact) mass is 428 g/mol.